The summed E-state index contributed by atoms with van der Waals surface area (Å²) in [6.45, 7) is -1.94. The molecule has 18 heavy (non-hydrogen) atoms. The van der Waals surface area contributed by atoms with Gasteiger partial charge in [-0.15, -0.1) is 0 Å². The van der Waals surface area contributed by atoms with Gasteiger partial charge < -0.3 is 20.4 Å². The molecule has 0 bridgehead atoms. The zero-order chi connectivity index (χ0) is 14.3. The monoisotopic (exact) mass is 282 g/mol. The molecule has 0 aromatic heterocycles. The molecule has 9 nitrogen and oxygen atoms in total. The van der Waals surface area contributed by atoms with Gasteiger partial charge in [-0.05, 0) is 0 Å². The van der Waals surface area contributed by atoms with Crippen LogP contribution in [-0.2, 0) is 14.4 Å². The summed E-state index contributed by atoms with van der Waals surface area (Å²) in [5.74, 6) is -4.59. The predicted octanol–water partition coefficient (Wildman–Crippen LogP) is -3.16. The van der Waals surface area contributed by atoms with E-state index in [-0.39, 0.29) is 0 Å². The smallest absolute Gasteiger partial charge is 0.335 e. The number of hydrazine groups is 1. The number of carbonyl (C=O) groups excluding carboxylic acids is 1. The second-order valence-corrected chi connectivity index (χ2v) is 3.61. The van der Waals surface area contributed by atoms with Crippen LogP contribution in [0.4, 0.5) is 0 Å². The lowest BCUT2D eigenvalue weighted by Gasteiger charge is -2.28. The molecular formula is C8H14N2O7S. The summed E-state index contributed by atoms with van der Waals surface area (Å²) in [5.41, 5.74) is 1.48. The Morgan fingerprint density at radius 1 is 1.22 bits per heavy atom. The van der Waals surface area contributed by atoms with E-state index in [1.165, 1.54) is 0 Å². The number of aliphatic carboxylic acids is 2. The SMILES string of the molecule is O=C(O)[C@H](CO)NN[C@@](CO)(C(=O)O)C(=O)CS. The third-order valence-electron chi connectivity index (χ3n) is 2.16. The second-order valence-electron chi connectivity index (χ2n) is 3.29. The topological polar surface area (TPSA) is 156 Å². The summed E-state index contributed by atoms with van der Waals surface area (Å²) < 4.78 is 0. The van der Waals surface area contributed by atoms with Gasteiger partial charge in [0.15, 0.2) is 5.78 Å². The Morgan fingerprint density at radius 3 is 2.06 bits per heavy atom. The molecule has 0 saturated heterocycles. The van der Waals surface area contributed by atoms with Crippen molar-refractivity contribution in [3.05, 3.63) is 0 Å². The molecule has 0 aliphatic heterocycles. The van der Waals surface area contributed by atoms with E-state index in [2.05, 4.69) is 12.6 Å². The first-order valence-electron chi connectivity index (χ1n) is 4.70. The molecule has 10 heteroatoms. The van der Waals surface area contributed by atoms with Crippen molar-refractivity contribution < 1.29 is 34.8 Å². The summed E-state index contributed by atoms with van der Waals surface area (Å²) in [7, 11) is 0. The molecule has 104 valence electrons. The van der Waals surface area contributed by atoms with E-state index < -0.39 is 48.3 Å². The Kier molecular flexibility index (Phi) is 6.80. The van der Waals surface area contributed by atoms with Crippen LogP contribution >= 0.6 is 12.6 Å². The van der Waals surface area contributed by atoms with E-state index in [4.69, 9.17) is 20.4 Å². The number of aliphatic hydroxyl groups excluding tert-OH is 2. The number of carbonyl (C=O) groups is 3. The fourth-order valence-electron chi connectivity index (χ4n) is 0.969. The van der Waals surface area contributed by atoms with Crippen molar-refractivity contribution in [1.82, 2.24) is 10.9 Å². The number of carboxylic acid groups (broad SMARTS) is 2. The first-order chi connectivity index (χ1) is 8.35. The highest BCUT2D eigenvalue weighted by atomic mass is 32.1. The first-order valence-corrected chi connectivity index (χ1v) is 5.33. The van der Waals surface area contributed by atoms with Gasteiger partial charge in [-0.25, -0.2) is 15.6 Å². The average Bonchev–Trinajstić information content (AvgIpc) is 2.33. The van der Waals surface area contributed by atoms with Crippen LogP contribution in [0.3, 0.4) is 0 Å². The minimum absolute atomic E-state index is 0.474. The molecule has 0 unspecified atom stereocenters. The number of nitrogens with one attached hydrogen (secondary N) is 2. The molecule has 0 rings (SSSR count). The molecule has 0 aromatic carbocycles. The molecule has 0 aliphatic carbocycles. The van der Waals surface area contributed by atoms with E-state index >= 15 is 0 Å². The van der Waals surface area contributed by atoms with E-state index in [1.807, 2.05) is 10.9 Å². The van der Waals surface area contributed by atoms with Gasteiger partial charge in [-0.2, -0.15) is 12.6 Å². The number of thiol groups is 1. The van der Waals surface area contributed by atoms with Gasteiger partial charge in [-0.1, -0.05) is 0 Å². The number of Topliss-reactive ketones (excluding diaryl/α,β-unsaturated/α-hetero) is 1. The molecular weight excluding hydrogens is 268 g/mol. The number of ketones is 1. The summed E-state index contributed by atoms with van der Waals surface area (Å²) in [5, 5.41) is 35.3. The summed E-state index contributed by atoms with van der Waals surface area (Å²) in [6, 6.07) is -1.53. The third kappa shape index (κ3) is 3.65. The van der Waals surface area contributed by atoms with Gasteiger partial charge >= 0.3 is 11.9 Å². The van der Waals surface area contributed by atoms with Crippen LogP contribution < -0.4 is 10.9 Å². The van der Waals surface area contributed by atoms with Crippen molar-refractivity contribution in [3.63, 3.8) is 0 Å². The number of rotatable bonds is 9. The maximum atomic E-state index is 11.4. The largest absolute Gasteiger partial charge is 0.480 e. The van der Waals surface area contributed by atoms with Crippen LogP contribution in [0, 0.1) is 0 Å². The molecule has 0 amide bonds. The fourth-order valence-corrected chi connectivity index (χ4v) is 1.24. The van der Waals surface area contributed by atoms with Crippen LogP contribution in [0.2, 0.25) is 0 Å². The fraction of sp³-hybridized carbons (Fsp3) is 0.625. The first kappa shape index (κ1) is 16.8. The van der Waals surface area contributed by atoms with Crippen LogP contribution in [0.15, 0.2) is 0 Å². The lowest BCUT2D eigenvalue weighted by molar-refractivity contribution is -0.154. The summed E-state index contributed by atoms with van der Waals surface area (Å²) >= 11 is 3.61. The summed E-state index contributed by atoms with van der Waals surface area (Å²) in [4.78, 5) is 33.0. The van der Waals surface area contributed by atoms with Crippen LogP contribution in [0.5, 0.6) is 0 Å². The minimum atomic E-state index is -2.41. The molecule has 6 N–H and O–H groups in total. The quantitative estimate of drug-likeness (QED) is 0.132. The molecule has 0 saturated carbocycles. The molecule has 2 atom stereocenters. The van der Waals surface area contributed by atoms with Crippen molar-refractivity contribution in [3.8, 4) is 0 Å². The van der Waals surface area contributed by atoms with Gasteiger partial charge in [0.1, 0.15) is 6.04 Å². The molecule has 0 radical (unpaired) electrons. The Bertz CT molecular complexity index is 337. The number of hydrogen-bond donors (Lipinski definition) is 7. The molecule has 0 aromatic rings. The summed E-state index contributed by atoms with van der Waals surface area (Å²) in [6.07, 6.45) is 0. The maximum absolute atomic E-state index is 11.4. The number of hydrogen-bond acceptors (Lipinski definition) is 8. The highest BCUT2D eigenvalue weighted by molar-refractivity contribution is 7.81. The zero-order valence-corrected chi connectivity index (χ0v) is 10.1. The van der Waals surface area contributed by atoms with E-state index in [1.54, 1.807) is 0 Å². The van der Waals surface area contributed by atoms with Crippen molar-refractivity contribution >= 4 is 30.4 Å². The lowest BCUT2D eigenvalue weighted by Crippen LogP contribution is -2.68. The zero-order valence-electron chi connectivity index (χ0n) is 9.16. The van der Waals surface area contributed by atoms with Gasteiger partial charge in [0.25, 0.3) is 0 Å². The van der Waals surface area contributed by atoms with Crippen molar-refractivity contribution in [2.24, 2.45) is 0 Å². The third-order valence-corrected chi connectivity index (χ3v) is 2.45. The lowest BCUT2D eigenvalue weighted by atomic mass is 9.97. The van der Waals surface area contributed by atoms with E-state index in [0.717, 1.165) is 0 Å². The van der Waals surface area contributed by atoms with Gasteiger partial charge in [0.05, 0.1) is 19.0 Å². The Hall–Kier alpha value is -1.20. The Labute approximate surface area is 107 Å². The molecule has 0 heterocycles. The van der Waals surface area contributed by atoms with Crippen LogP contribution in [0.1, 0.15) is 0 Å². The minimum Gasteiger partial charge on any atom is -0.480 e. The number of carboxylic acids is 2. The van der Waals surface area contributed by atoms with Crippen LogP contribution in [0.25, 0.3) is 0 Å². The van der Waals surface area contributed by atoms with Gasteiger partial charge in [0, 0.05) is 0 Å². The molecule has 0 fully saturated rings. The second kappa shape index (κ2) is 7.28. The average molecular weight is 282 g/mol. The maximum Gasteiger partial charge on any atom is 0.335 e. The van der Waals surface area contributed by atoms with Gasteiger partial charge in [-0.3, -0.25) is 9.59 Å². The van der Waals surface area contributed by atoms with Crippen LogP contribution in [-0.4, -0.2) is 68.7 Å². The standard InChI is InChI=1S/C8H14N2O7S/c11-1-4(6(14)15)9-10-8(3-12,7(16)17)5(13)2-18/h4,9-12,18H,1-3H2,(H,14,15)(H,16,17)/t4-,8+/m0/s1. The highest BCUT2D eigenvalue weighted by Gasteiger charge is 2.45. The molecule has 0 spiro atoms. The van der Waals surface area contributed by atoms with Crippen molar-refractivity contribution in [2.75, 3.05) is 19.0 Å². The van der Waals surface area contributed by atoms with E-state index in [9.17, 15) is 14.4 Å². The van der Waals surface area contributed by atoms with Crippen molar-refractivity contribution in [1.29, 1.82) is 0 Å². The number of aliphatic hydroxyl groups is 2. The predicted molar refractivity (Wildman–Crippen MR) is 61.1 cm³/mol. The Morgan fingerprint density at radius 2 is 1.78 bits per heavy atom. The Balaban J connectivity index is 4.96. The van der Waals surface area contributed by atoms with E-state index in [0.29, 0.717) is 0 Å². The normalized spacial score (nSPS) is 15.7. The molecule has 0 aliphatic rings. The van der Waals surface area contributed by atoms with Gasteiger partial charge in [0.2, 0.25) is 5.54 Å². The van der Waals surface area contributed by atoms with Crippen molar-refractivity contribution in [2.45, 2.75) is 11.6 Å². The highest BCUT2D eigenvalue weighted by Crippen LogP contribution is 2.07.